The van der Waals surface area contributed by atoms with E-state index in [1.165, 1.54) is 12.1 Å². The van der Waals surface area contributed by atoms with Gasteiger partial charge < -0.3 is 9.29 Å². The molecular weight excluding hydrogens is 273 g/mol. The zero-order valence-electron chi connectivity index (χ0n) is 9.69. The molecule has 0 heterocycles. The van der Waals surface area contributed by atoms with Gasteiger partial charge in [0.15, 0.2) is 0 Å². The number of alkyl halides is 2. The molecule has 7 heteroatoms. The number of fused-ring (bicyclic) bond motifs is 1. The molecule has 2 rings (SSSR count). The third-order valence-electron chi connectivity index (χ3n) is 2.51. The fraction of sp³-hybridized carbons (Fsp3) is 0.273. The van der Waals surface area contributed by atoms with Crippen molar-refractivity contribution in [3.8, 4) is 5.75 Å². The zero-order chi connectivity index (χ0) is 12.4. The van der Waals surface area contributed by atoms with E-state index in [-0.39, 0.29) is 35.3 Å². The summed E-state index contributed by atoms with van der Waals surface area (Å²) < 4.78 is 49.9. The van der Waals surface area contributed by atoms with E-state index < -0.39 is 17.7 Å². The van der Waals surface area contributed by atoms with Crippen molar-refractivity contribution < 1.29 is 51.8 Å². The van der Waals surface area contributed by atoms with E-state index in [1.807, 2.05) is 0 Å². The predicted molar refractivity (Wildman–Crippen MR) is 58.3 cm³/mol. The van der Waals surface area contributed by atoms with Gasteiger partial charge in [-0.05, 0) is 53.3 Å². The van der Waals surface area contributed by atoms with E-state index in [0.717, 1.165) is 11.1 Å². The first-order valence-electron chi connectivity index (χ1n) is 4.94. The number of halogens is 2. The second kappa shape index (κ2) is 6.77. The van der Waals surface area contributed by atoms with E-state index in [4.69, 9.17) is 0 Å². The molecular formula is C11H9F2NaO3S. The van der Waals surface area contributed by atoms with E-state index in [9.17, 15) is 17.5 Å². The largest absolute Gasteiger partial charge is 1.00 e. The van der Waals surface area contributed by atoms with Crippen LogP contribution in [0, 0.1) is 0 Å². The summed E-state index contributed by atoms with van der Waals surface area (Å²) in [6, 6.07) is 4.50. The zero-order valence-corrected chi connectivity index (χ0v) is 12.5. The second-order valence-electron chi connectivity index (χ2n) is 3.58. The summed E-state index contributed by atoms with van der Waals surface area (Å²) >= 11 is -2.21. The quantitative estimate of drug-likeness (QED) is 0.552. The van der Waals surface area contributed by atoms with Gasteiger partial charge in [-0.3, -0.25) is 4.21 Å². The molecule has 92 valence electrons. The Hall–Kier alpha value is -0.270. The van der Waals surface area contributed by atoms with Crippen LogP contribution in [0.4, 0.5) is 8.78 Å². The van der Waals surface area contributed by atoms with Gasteiger partial charge in [-0.15, -0.1) is 0 Å². The van der Waals surface area contributed by atoms with Gasteiger partial charge in [0.05, 0.1) is 0 Å². The van der Waals surface area contributed by atoms with Gasteiger partial charge in [-0.25, -0.2) is 0 Å². The molecule has 1 aromatic rings. The summed E-state index contributed by atoms with van der Waals surface area (Å²) in [4.78, 5) is 0.333. The molecule has 1 aliphatic carbocycles. The molecule has 0 saturated carbocycles. The molecule has 0 saturated heterocycles. The van der Waals surface area contributed by atoms with Crippen LogP contribution >= 0.6 is 0 Å². The van der Waals surface area contributed by atoms with Crippen LogP contribution in [0.2, 0.25) is 0 Å². The second-order valence-corrected chi connectivity index (χ2v) is 4.58. The Labute approximate surface area is 128 Å². The van der Waals surface area contributed by atoms with Gasteiger partial charge in [0, 0.05) is 4.91 Å². The number of hydrogen-bond donors (Lipinski definition) is 0. The van der Waals surface area contributed by atoms with Crippen LogP contribution in [-0.4, -0.2) is 15.4 Å². The number of allylic oxidation sites excluding steroid dienone is 1. The van der Waals surface area contributed by atoms with Crippen molar-refractivity contribution in [2.24, 2.45) is 0 Å². The Morgan fingerprint density at radius 1 is 1.33 bits per heavy atom. The van der Waals surface area contributed by atoms with Crippen LogP contribution in [0.1, 0.15) is 17.5 Å². The molecule has 1 atom stereocenters. The van der Waals surface area contributed by atoms with Crippen LogP contribution in [0.25, 0.3) is 6.08 Å². The van der Waals surface area contributed by atoms with Gasteiger partial charge in [-0.2, -0.15) is 8.78 Å². The minimum absolute atomic E-state index is 0. The van der Waals surface area contributed by atoms with Crippen molar-refractivity contribution in [3.63, 3.8) is 0 Å². The molecule has 0 N–H and O–H groups in total. The fourth-order valence-electron chi connectivity index (χ4n) is 1.75. The van der Waals surface area contributed by atoms with Crippen molar-refractivity contribution in [1.82, 2.24) is 0 Å². The van der Waals surface area contributed by atoms with Crippen LogP contribution in [0.15, 0.2) is 23.1 Å². The maximum absolute atomic E-state index is 12.0. The monoisotopic (exact) mass is 282 g/mol. The first-order valence-corrected chi connectivity index (χ1v) is 6.01. The van der Waals surface area contributed by atoms with Crippen molar-refractivity contribution in [2.75, 3.05) is 0 Å². The number of ether oxygens (including phenoxy) is 1. The van der Waals surface area contributed by atoms with Gasteiger partial charge in [0.1, 0.15) is 5.75 Å². The third-order valence-corrected chi connectivity index (χ3v) is 3.26. The van der Waals surface area contributed by atoms with Gasteiger partial charge in [0.25, 0.3) is 0 Å². The summed E-state index contributed by atoms with van der Waals surface area (Å²) in [5.74, 6) is 0.0962. The average molecular weight is 282 g/mol. The predicted octanol–water partition coefficient (Wildman–Crippen LogP) is -0.542. The number of rotatable bonds is 3. The average Bonchev–Trinajstić information content (AvgIpc) is 2.27. The smallest absolute Gasteiger partial charge is 0.769 e. The van der Waals surface area contributed by atoms with Gasteiger partial charge >= 0.3 is 36.2 Å². The summed E-state index contributed by atoms with van der Waals surface area (Å²) in [6.07, 6.45) is 2.45. The molecule has 0 bridgehead atoms. The third kappa shape index (κ3) is 3.86. The first kappa shape index (κ1) is 15.8. The van der Waals surface area contributed by atoms with Crippen molar-refractivity contribution in [1.29, 1.82) is 0 Å². The van der Waals surface area contributed by atoms with Crippen LogP contribution in [-0.2, 0) is 17.5 Å². The molecule has 0 radical (unpaired) electrons. The SMILES string of the molecule is O=S([O-])C1=Cc2ccc(OC(F)F)cc2CC1.[Na+]. The Kier molecular flexibility index (Phi) is 5.94. The minimum Gasteiger partial charge on any atom is -0.769 e. The Bertz CT molecular complexity index is 491. The number of hydrogen-bond acceptors (Lipinski definition) is 3. The van der Waals surface area contributed by atoms with Crippen LogP contribution in [0.3, 0.4) is 0 Å². The van der Waals surface area contributed by atoms with E-state index >= 15 is 0 Å². The molecule has 0 spiro atoms. The molecule has 0 fully saturated rings. The van der Waals surface area contributed by atoms with Crippen molar-refractivity contribution in [3.05, 3.63) is 34.2 Å². The Morgan fingerprint density at radius 3 is 2.67 bits per heavy atom. The van der Waals surface area contributed by atoms with E-state index in [1.54, 1.807) is 12.1 Å². The standard InChI is InChI=1S/C11H10F2O3S.Na/c12-11(13)16-9-3-1-8-6-10(17(14)15)4-2-7(8)5-9;/h1,3,5-6,11H,2,4H2,(H,14,15);/q;+1/p-1. The van der Waals surface area contributed by atoms with E-state index in [0.29, 0.717) is 17.7 Å². The summed E-state index contributed by atoms with van der Waals surface area (Å²) in [7, 11) is 0. The maximum Gasteiger partial charge on any atom is 1.00 e. The van der Waals surface area contributed by atoms with Crippen LogP contribution in [0.5, 0.6) is 5.75 Å². The van der Waals surface area contributed by atoms with Gasteiger partial charge in [0.2, 0.25) is 0 Å². The molecule has 1 unspecified atom stereocenters. The molecule has 3 nitrogen and oxygen atoms in total. The molecule has 1 aromatic carbocycles. The molecule has 1 aliphatic rings. The van der Waals surface area contributed by atoms with Crippen molar-refractivity contribution >= 4 is 17.2 Å². The van der Waals surface area contributed by atoms with Crippen LogP contribution < -0.4 is 34.3 Å². The normalized spacial score (nSPS) is 15.4. The molecule has 0 amide bonds. The number of aryl methyl sites for hydroxylation is 1. The molecule has 0 aliphatic heterocycles. The van der Waals surface area contributed by atoms with Gasteiger partial charge in [-0.1, -0.05) is 6.07 Å². The van der Waals surface area contributed by atoms with E-state index in [2.05, 4.69) is 4.74 Å². The maximum atomic E-state index is 12.0. The topological polar surface area (TPSA) is 49.4 Å². The number of benzene rings is 1. The fourth-order valence-corrected chi connectivity index (χ4v) is 2.24. The van der Waals surface area contributed by atoms with Crippen molar-refractivity contribution in [2.45, 2.75) is 19.5 Å². The summed E-state index contributed by atoms with van der Waals surface area (Å²) in [5, 5.41) is 0. The minimum atomic E-state index is -2.85. The summed E-state index contributed by atoms with van der Waals surface area (Å²) in [6.45, 7) is -2.85. The summed E-state index contributed by atoms with van der Waals surface area (Å²) in [5.41, 5.74) is 1.55. The Morgan fingerprint density at radius 2 is 2.06 bits per heavy atom. The molecule has 0 aromatic heterocycles. The first-order chi connectivity index (χ1) is 8.06. The Balaban J connectivity index is 0.00000162. The molecule has 18 heavy (non-hydrogen) atoms.